The van der Waals surface area contributed by atoms with Gasteiger partial charge in [0.15, 0.2) is 0 Å². The van der Waals surface area contributed by atoms with Crippen LogP contribution in [0, 0.1) is 0 Å². The van der Waals surface area contributed by atoms with Gasteiger partial charge in [-0.2, -0.15) is 0 Å². The lowest BCUT2D eigenvalue weighted by Gasteiger charge is -2.22. The number of rotatable bonds is 72. The molecule has 2 unspecified atom stereocenters. The zero-order chi connectivity index (χ0) is 59.9. The van der Waals surface area contributed by atoms with Crippen molar-refractivity contribution in [2.24, 2.45) is 0 Å². The highest BCUT2D eigenvalue weighted by Gasteiger charge is 2.20. The third kappa shape index (κ3) is 69.3. The van der Waals surface area contributed by atoms with Crippen molar-refractivity contribution in [2.45, 2.75) is 443 Å². The zero-order valence-corrected chi connectivity index (χ0v) is 56.5. The van der Waals surface area contributed by atoms with Crippen LogP contribution in [0.25, 0.3) is 0 Å². The lowest BCUT2D eigenvalue weighted by atomic mass is 10.0. The number of ether oxygens (including phenoxy) is 1. The van der Waals surface area contributed by atoms with Gasteiger partial charge in [0.1, 0.15) is 0 Å². The van der Waals surface area contributed by atoms with E-state index in [1.807, 2.05) is 0 Å². The largest absolute Gasteiger partial charge is 0.466 e. The molecule has 0 aromatic rings. The Morgan fingerprint density at radius 3 is 0.855 bits per heavy atom. The number of aliphatic hydroxyl groups is 2. The maximum atomic E-state index is 12.6. The van der Waals surface area contributed by atoms with Gasteiger partial charge in [0.05, 0.1) is 25.4 Å². The van der Waals surface area contributed by atoms with Gasteiger partial charge < -0.3 is 20.3 Å². The average Bonchev–Trinajstić information content (AvgIpc) is 3.48. The Kier molecular flexibility index (Phi) is 71.4. The van der Waals surface area contributed by atoms with Crippen LogP contribution < -0.4 is 5.32 Å². The molecule has 3 N–H and O–H groups in total. The summed E-state index contributed by atoms with van der Waals surface area (Å²) in [6, 6.07) is -0.544. The molecular formula is C77H149NO5. The second-order valence-corrected chi connectivity index (χ2v) is 26.3. The first-order valence-electron chi connectivity index (χ1n) is 38.1. The number of hydrogen-bond donors (Lipinski definition) is 3. The molecule has 0 aliphatic carbocycles. The summed E-state index contributed by atoms with van der Waals surface area (Å²) in [4.78, 5) is 24.6. The van der Waals surface area contributed by atoms with Crippen LogP contribution in [0.2, 0.25) is 0 Å². The summed E-state index contributed by atoms with van der Waals surface area (Å²) < 4.78 is 5.49. The second-order valence-electron chi connectivity index (χ2n) is 26.3. The second kappa shape index (κ2) is 72.8. The minimum atomic E-state index is -0.666. The topological polar surface area (TPSA) is 95.9 Å². The summed E-state index contributed by atoms with van der Waals surface area (Å²) in [5, 5.41) is 23.5. The lowest BCUT2D eigenvalue weighted by molar-refractivity contribution is -0.143. The number of carbonyl (C=O) groups is 2. The smallest absolute Gasteiger partial charge is 0.305 e. The number of aliphatic hydroxyl groups excluding tert-OH is 2. The fourth-order valence-corrected chi connectivity index (χ4v) is 12.2. The first-order valence-corrected chi connectivity index (χ1v) is 38.1. The molecule has 0 saturated heterocycles. The van der Waals surface area contributed by atoms with Crippen molar-refractivity contribution < 1.29 is 24.5 Å². The number of unbranched alkanes of at least 4 members (excludes halogenated alkanes) is 57. The van der Waals surface area contributed by atoms with Crippen molar-refractivity contribution >= 4 is 11.9 Å². The number of hydrogen-bond acceptors (Lipinski definition) is 5. The Labute approximate surface area is 520 Å². The molecule has 0 heterocycles. The van der Waals surface area contributed by atoms with E-state index in [1.54, 1.807) is 0 Å². The number of esters is 1. The van der Waals surface area contributed by atoms with Crippen molar-refractivity contribution in [2.75, 3.05) is 13.2 Å². The predicted octanol–water partition coefficient (Wildman–Crippen LogP) is 24.9. The Morgan fingerprint density at radius 2 is 0.566 bits per heavy atom. The number of nitrogens with one attached hydrogen (secondary N) is 1. The summed E-state index contributed by atoms with van der Waals surface area (Å²) in [7, 11) is 0. The van der Waals surface area contributed by atoms with Gasteiger partial charge in [0.2, 0.25) is 5.91 Å². The average molecular weight is 1170 g/mol. The highest BCUT2D eigenvalue weighted by molar-refractivity contribution is 5.76. The van der Waals surface area contributed by atoms with E-state index in [0.29, 0.717) is 25.9 Å². The molecule has 1 amide bonds. The molecule has 0 fully saturated rings. The maximum Gasteiger partial charge on any atom is 0.305 e. The Bertz CT molecular complexity index is 1300. The molecule has 0 bridgehead atoms. The fraction of sp³-hybridized carbons (Fsp3) is 0.922. The highest BCUT2D eigenvalue weighted by atomic mass is 16.5. The molecule has 83 heavy (non-hydrogen) atoms. The predicted molar refractivity (Wildman–Crippen MR) is 366 cm³/mol. The Morgan fingerprint density at radius 1 is 0.325 bits per heavy atom. The van der Waals surface area contributed by atoms with Gasteiger partial charge >= 0.3 is 5.97 Å². The molecule has 492 valence electrons. The standard InChI is InChI=1S/C77H149NO5/c1-3-5-7-9-11-13-15-17-19-20-21-22-23-29-32-35-38-42-45-49-53-57-61-65-69-75(80)74(73-79)78-76(81)70-66-62-58-54-50-46-43-39-36-33-30-27-25-24-26-28-31-34-37-40-44-48-52-56-60-64-68-72-83-77(82)71-67-63-59-55-51-47-41-18-16-14-12-10-8-6-4-2/h18,24-25,41,74-75,79-80H,3-17,19-23,26-40,42-73H2,1-2H3,(H,78,81)/b25-24-,41-18-. The quantitative estimate of drug-likeness (QED) is 0.0320. The molecular weight excluding hydrogens is 1020 g/mol. The van der Waals surface area contributed by atoms with Gasteiger partial charge in [-0.3, -0.25) is 9.59 Å². The zero-order valence-electron chi connectivity index (χ0n) is 56.5. The lowest BCUT2D eigenvalue weighted by Crippen LogP contribution is -2.45. The first kappa shape index (κ1) is 81.3. The van der Waals surface area contributed by atoms with E-state index in [-0.39, 0.29) is 18.5 Å². The molecule has 0 aliphatic rings. The van der Waals surface area contributed by atoms with Gasteiger partial charge in [-0.15, -0.1) is 0 Å². The summed E-state index contributed by atoms with van der Waals surface area (Å²) in [5.74, 6) is -0.0223. The van der Waals surface area contributed by atoms with Crippen LogP contribution in [-0.2, 0) is 14.3 Å². The van der Waals surface area contributed by atoms with Crippen LogP contribution in [0.1, 0.15) is 431 Å². The van der Waals surface area contributed by atoms with Crippen LogP contribution >= 0.6 is 0 Å². The van der Waals surface area contributed by atoms with Gasteiger partial charge in [0.25, 0.3) is 0 Å². The van der Waals surface area contributed by atoms with E-state index in [9.17, 15) is 19.8 Å². The third-order valence-corrected chi connectivity index (χ3v) is 18.0. The van der Waals surface area contributed by atoms with E-state index in [4.69, 9.17) is 4.74 Å². The molecule has 2 atom stereocenters. The molecule has 0 radical (unpaired) electrons. The van der Waals surface area contributed by atoms with Crippen LogP contribution in [0.3, 0.4) is 0 Å². The van der Waals surface area contributed by atoms with Crippen molar-refractivity contribution in [3.63, 3.8) is 0 Å². The SMILES string of the molecule is CCCCCCCC/C=C\CCCCCCCC(=O)OCCCCCCCCCCCCCC/C=C\CCCCCCCCCCCCCC(=O)NC(CO)C(O)CCCCCCCCCCCCCCCCCCCCCCCCCC. The van der Waals surface area contributed by atoms with Crippen molar-refractivity contribution in [1.82, 2.24) is 5.32 Å². The van der Waals surface area contributed by atoms with Crippen molar-refractivity contribution in [1.29, 1.82) is 0 Å². The van der Waals surface area contributed by atoms with Crippen molar-refractivity contribution in [3.8, 4) is 0 Å². The molecule has 6 nitrogen and oxygen atoms in total. The minimum absolute atomic E-state index is 0.00822. The van der Waals surface area contributed by atoms with Gasteiger partial charge in [-0.1, -0.05) is 366 Å². The highest BCUT2D eigenvalue weighted by Crippen LogP contribution is 2.19. The van der Waals surface area contributed by atoms with E-state index in [2.05, 4.69) is 43.5 Å². The molecule has 0 aromatic heterocycles. The number of amides is 1. The Balaban J connectivity index is 3.38. The molecule has 0 rings (SSSR count). The minimum Gasteiger partial charge on any atom is -0.466 e. The van der Waals surface area contributed by atoms with Crippen LogP contribution in [0.4, 0.5) is 0 Å². The monoisotopic (exact) mass is 1170 g/mol. The summed E-state index contributed by atoms with van der Waals surface area (Å²) in [6.07, 6.45) is 92.5. The molecule has 0 aliphatic heterocycles. The fourth-order valence-electron chi connectivity index (χ4n) is 12.2. The molecule has 6 heteroatoms. The molecule has 0 aromatic carbocycles. The first-order chi connectivity index (χ1) is 41.0. The van der Waals surface area contributed by atoms with Gasteiger partial charge in [-0.25, -0.2) is 0 Å². The number of carbonyl (C=O) groups excluding carboxylic acids is 2. The van der Waals surface area contributed by atoms with E-state index >= 15 is 0 Å². The number of allylic oxidation sites excluding steroid dienone is 4. The molecule has 0 saturated carbocycles. The van der Waals surface area contributed by atoms with Gasteiger partial charge in [0, 0.05) is 12.8 Å². The summed E-state index contributed by atoms with van der Waals surface area (Å²) in [5.41, 5.74) is 0. The van der Waals surface area contributed by atoms with E-state index < -0.39 is 12.1 Å². The Hall–Kier alpha value is -1.66. The third-order valence-electron chi connectivity index (χ3n) is 18.0. The van der Waals surface area contributed by atoms with Crippen LogP contribution in [0.5, 0.6) is 0 Å². The van der Waals surface area contributed by atoms with E-state index in [1.165, 1.54) is 353 Å². The van der Waals surface area contributed by atoms with Crippen molar-refractivity contribution in [3.05, 3.63) is 24.3 Å². The molecule has 0 spiro atoms. The summed E-state index contributed by atoms with van der Waals surface area (Å²) in [6.45, 7) is 4.99. The summed E-state index contributed by atoms with van der Waals surface area (Å²) >= 11 is 0. The van der Waals surface area contributed by atoms with Crippen LogP contribution in [-0.4, -0.2) is 47.4 Å². The maximum absolute atomic E-state index is 12.6. The van der Waals surface area contributed by atoms with E-state index in [0.717, 1.165) is 44.9 Å². The van der Waals surface area contributed by atoms with Crippen LogP contribution in [0.15, 0.2) is 24.3 Å². The van der Waals surface area contributed by atoms with Gasteiger partial charge in [-0.05, 0) is 77.0 Å². The normalized spacial score (nSPS) is 12.6.